The molecule has 114 valence electrons. The highest BCUT2D eigenvalue weighted by Gasteiger charge is 2.24. The molecule has 0 atom stereocenters. The van der Waals surface area contributed by atoms with Crippen LogP contribution in [-0.4, -0.2) is 24.5 Å². The van der Waals surface area contributed by atoms with Crippen LogP contribution in [0.1, 0.15) is 56.4 Å². The predicted octanol–water partition coefficient (Wildman–Crippen LogP) is 2.97. The number of rotatable bonds is 6. The van der Waals surface area contributed by atoms with Gasteiger partial charge in [0.05, 0.1) is 0 Å². The van der Waals surface area contributed by atoms with Crippen molar-refractivity contribution in [3.05, 3.63) is 35.9 Å². The first kappa shape index (κ1) is 14.6. The summed E-state index contributed by atoms with van der Waals surface area (Å²) in [6, 6.07) is 11.9. The Hall–Kier alpha value is -1.35. The van der Waals surface area contributed by atoms with Crippen molar-refractivity contribution < 1.29 is 4.79 Å². The van der Waals surface area contributed by atoms with Gasteiger partial charge in [-0.05, 0) is 50.0 Å². The Morgan fingerprint density at radius 2 is 1.62 bits per heavy atom. The van der Waals surface area contributed by atoms with Gasteiger partial charge in [0.1, 0.15) is 0 Å². The molecule has 3 nitrogen and oxygen atoms in total. The predicted molar refractivity (Wildman–Crippen MR) is 85.2 cm³/mol. The van der Waals surface area contributed by atoms with Gasteiger partial charge in [0.15, 0.2) is 0 Å². The molecule has 1 amide bonds. The average Bonchev–Trinajstić information content (AvgIpc) is 3.33. The second kappa shape index (κ2) is 7.08. The van der Waals surface area contributed by atoms with Crippen LogP contribution in [0.3, 0.4) is 0 Å². The molecule has 3 rings (SSSR count). The first-order valence-corrected chi connectivity index (χ1v) is 8.39. The van der Waals surface area contributed by atoms with E-state index >= 15 is 0 Å². The monoisotopic (exact) mass is 286 g/mol. The van der Waals surface area contributed by atoms with Crippen molar-refractivity contribution in [1.29, 1.82) is 0 Å². The van der Waals surface area contributed by atoms with Crippen molar-refractivity contribution in [3.63, 3.8) is 0 Å². The van der Waals surface area contributed by atoms with Crippen molar-refractivity contribution in [2.45, 2.75) is 62.9 Å². The van der Waals surface area contributed by atoms with Gasteiger partial charge in [-0.1, -0.05) is 30.3 Å². The lowest BCUT2D eigenvalue weighted by molar-refractivity contribution is -0.121. The quantitative estimate of drug-likeness (QED) is 0.844. The molecule has 0 spiro atoms. The van der Waals surface area contributed by atoms with E-state index in [0.29, 0.717) is 18.5 Å². The van der Waals surface area contributed by atoms with Gasteiger partial charge in [-0.25, -0.2) is 0 Å². The summed E-state index contributed by atoms with van der Waals surface area (Å²) in [5, 5.41) is 6.60. The average molecular weight is 286 g/mol. The molecular formula is C18H26N2O. The van der Waals surface area contributed by atoms with Gasteiger partial charge in [-0.15, -0.1) is 0 Å². The van der Waals surface area contributed by atoms with Gasteiger partial charge in [-0.3, -0.25) is 4.79 Å². The number of carbonyl (C=O) groups excluding carboxylic acids is 1. The summed E-state index contributed by atoms with van der Waals surface area (Å²) < 4.78 is 0. The summed E-state index contributed by atoms with van der Waals surface area (Å²) in [4.78, 5) is 11.6. The first-order valence-electron chi connectivity index (χ1n) is 8.39. The minimum Gasteiger partial charge on any atom is -0.353 e. The molecule has 2 saturated carbocycles. The lowest BCUT2D eigenvalue weighted by Crippen LogP contribution is -2.36. The van der Waals surface area contributed by atoms with Crippen LogP contribution in [0.15, 0.2) is 30.3 Å². The molecular weight excluding hydrogens is 260 g/mol. The number of amides is 1. The van der Waals surface area contributed by atoms with Gasteiger partial charge < -0.3 is 10.6 Å². The molecule has 0 heterocycles. The van der Waals surface area contributed by atoms with Crippen LogP contribution in [0.4, 0.5) is 0 Å². The Kier molecular flexibility index (Phi) is 4.91. The Balaban J connectivity index is 1.33. The third kappa shape index (κ3) is 4.57. The highest BCUT2D eigenvalue weighted by atomic mass is 16.1. The maximum absolute atomic E-state index is 11.6. The van der Waals surface area contributed by atoms with E-state index in [4.69, 9.17) is 0 Å². The van der Waals surface area contributed by atoms with Gasteiger partial charge in [0.2, 0.25) is 5.91 Å². The molecule has 0 aromatic heterocycles. The zero-order valence-electron chi connectivity index (χ0n) is 12.7. The van der Waals surface area contributed by atoms with E-state index < -0.39 is 0 Å². The van der Waals surface area contributed by atoms with Gasteiger partial charge in [0, 0.05) is 25.0 Å². The van der Waals surface area contributed by atoms with Crippen LogP contribution in [0, 0.1) is 0 Å². The number of carbonyl (C=O) groups is 1. The summed E-state index contributed by atoms with van der Waals surface area (Å²) in [5.41, 5.74) is 1.49. The van der Waals surface area contributed by atoms with Crippen molar-refractivity contribution in [1.82, 2.24) is 10.6 Å². The summed E-state index contributed by atoms with van der Waals surface area (Å²) in [6.07, 6.45) is 7.93. The van der Waals surface area contributed by atoms with Crippen LogP contribution in [0.25, 0.3) is 0 Å². The minimum absolute atomic E-state index is 0.211. The van der Waals surface area contributed by atoms with E-state index in [9.17, 15) is 4.79 Å². The van der Waals surface area contributed by atoms with E-state index in [-0.39, 0.29) is 5.91 Å². The van der Waals surface area contributed by atoms with Gasteiger partial charge >= 0.3 is 0 Å². The molecule has 2 fully saturated rings. The van der Waals surface area contributed by atoms with E-state index in [0.717, 1.165) is 12.5 Å². The minimum atomic E-state index is 0.211. The van der Waals surface area contributed by atoms with Crippen LogP contribution in [0.5, 0.6) is 0 Å². The van der Waals surface area contributed by atoms with Crippen LogP contribution in [0.2, 0.25) is 0 Å². The zero-order chi connectivity index (χ0) is 14.5. The van der Waals surface area contributed by atoms with Crippen molar-refractivity contribution in [2.24, 2.45) is 0 Å². The summed E-state index contributed by atoms with van der Waals surface area (Å²) in [7, 11) is 0. The number of nitrogens with one attached hydrogen (secondary N) is 2. The summed E-state index contributed by atoms with van der Waals surface area (Å²) in [5.74, 6) is 0.936. The topological polar surface area (TPSA) is 41.1 Å². The molecule has 21 heavy (non-hydrogen) atoms. The maximum Gasteiger partial charge on any atom is 0.221 e. The third-order valence-electron chi connectivity index (χ3n) is 4.73. The second-order valence-corrected chi connectivity index (χ2v) is 6.51. The zero-order valence-corrected chi connectivity index (χ0v) is 12.7. The molecule has 0 radical (unpaired) electrons. The molecule has 0 unspecified atom stereocenters. The molecule has 3 heteroatoms. The third-order valence-corrected chi connectivity index (χ3v) is 4.73. The van der Waals surface area contributed by atoms with E-state index in [2.05, 4.69) is 41.0 Å². The maximum atomic E-state index is 11.6. The van der Waals surface area contributed by atoms with Gasteiger partial charge in [0.25, 0.3) is 0 Å². The first-order chi connectivity index (χ1) is 10.3. The van der Waals surface area contributed by atoms with Gasteiger partial charge in [-0.2, -0.15) is 0 Å². The largest absolute Gasteiger partial charge is 0.353 e. The normalized spacial score (nSPS) is 25.5. The van der Waals surface area contributed by atoms with Crippen LogP contribution >= 0.6 is 0 Å². The summed E-state index contributed by atoms with van der Waals surface area (Å²) >= 11 is 0. The molecule has 1 aromatic rings. The summed E-state index contributed by atoms with van der Waals surface area (Å²) in [6.45, 7) is 0.819. The van der Waals surface area contributed by atoms with Crippen molar-refractivity contribution in [2.75, 3.05) is 6.54 Å². The number of hydrogen-bond acceptors (Lipinski definition) is 2. The molecule has 0 bridgehead atoms. The Labute approximate surface area is 127 Å². The standard InChI is InChI=1S/C18H26N2O/c21-18(20-17-10-11-17)12-13-19-16-8-6-15(7-9-16)14-4-2-1-3-5-14/h1-5,15-17,19H,6-13H2,(H,20,21). The fourth-order valence-electron chi connectivity index (χ4n) is 3.27. The van der Waals surface area contributed by atoms with E-state index in [1.54, 1.807) is 0 Å². The Morgan fingerprint density at radius 1 is 0.952 bits per heavy atom. The fourth-order valence-corrected chi connectivity index (χ4v) is 3.27. The van der Waals surface area contributed by atoms with Crippen molar-refractivity contribution >= 4 is 5.91 Å². The Morgan fingerprint density at radius 3 is 2.29 bits per heavy atom. The molecule has 0 saturated heterocycles. The fraction of sp³-hybridized carbons (Fsp3) is 0.611. The van der Waals surface area contributed by atoms with Crippen LogP contribution < -0.4 is 10.6 Å². The molecule has 2 aliphatic carbocycles. The lowest BCUT2D eigenvalue weighted by Gasteiger charge is -2.29. The molecule has 1 aromatic carbocycles. The Bertz CT molecular complexity index is 448. The van der Waals surface area contributed by atoms with E-state index in [1.807, 2.05) is 0 Å². The highest BCUT2D eigenvalue weighted by molar-refractivity contribution is 5.76. The smallest absolute Gasteiger partial charge is 0.221 e. The lowest BCUT2D eigenvalue weighted by atomic mass is 9.82. The molecule has 0 aliphatic heterocycles. The van der Waals surface area contributed by atoms with Crippen LogP contribution in [-0.2, 0) is 4.79 Å². The van der Waals surface area contributed by atoms with Crippen molar-refractivity contribution in [3.8, 4) is 0 Å². The highest BCUT2D eigenvalue weighted by Crippen LogP contribution is 2.32. The number of hydrogen-bond donors (Lipinski definition) is 2. The second-order valence-electron chi connectivity index (χ2n) is 6.51. The van der Waals surface area contributed by atoms with E-state index in [1.165, 1.54) is 44.1 Å². The molecule has 2 aliphatic rings. The molecule has 2 N–H and O–H groups in total. The number of benzene rings is 1. The SMILES string of the molecule is O=C(CCNC1CCC(c2ccccc2)CC1)NC1CC1.